The summed E-state index contributed by atoms with van der Waals surface area (Å²) in [4.78, 5) is 4.62. The van der Waals surface area contributed by atoms with Gasteiger partial charge in [0.15, 0.2) is 0 Å². The van der Waals surface area contributed by atoms with Crippen molar-refractivity contribution in [1.29, 1.82) is 0 Å². The number of hydrogen-bond donors (Lipinski definition) is 0. The maximum atomic E-state index is 6.43. The molecule has 58 heavy (non-hydrogen) atoms. The van der Waals surface area contributed by atoms with Gasteiger partial charge in [-0.15, -0.1) is 0 Å². The predicted octanol–water partition coefficient (Wildman–Crippen LogP) is 15.3. The molecule has 2 heterocycles. The van der Waals surface area contributed by atoms with Gasteiger partial charge in [-0.3, -0.25) is 0 Å². The molecule has 0 saturated carbocycles. The first-order chi connectivity index (χ1) is 28.8. The van der Waals surface area contributed by atoms with E-state index in [0.29, 0.717) is 0 Å². The largest absolute Gasteiger partial charge is 0.456 e. The molecule has 0 aliphatic carbocycles. The van der Waals surface area contributed by atoms with E-state index in [1.165, 1.54) is 21.8 Å². The predicted molar refractivity (Wildman–Crippen MR) is 243 cm³/mol. The van der Waals surface area contributed by atoms with Gasteiger partial charge in [0.05, 0.1) is 11.0 Å². The molecule has 0 aliphatic heterocycles. The summed E-state index contributed by atoms with van der Waals surface area (Å²) >= 11 is 0. The van der Waals surface area contributed by atoms with Gasteiger partial charge in [-0.2, -0.15) is 0 Å². The molecule has 274 valence electrons. The molecule has 0 saturated heterocycles. The first-order valence-electron chi connectivity index (χ1n) is 19.7. The van der Waals surface area contributed by atoms with Gasteiger partial charge in [0.1, 0.15) is 11.2 Å². The standard InChI is InChI=1S/C54H37N3O/c1-4-16-40(17-5-1)55(41-18-6-2-7-19-41)43-28-30-44(31-29-43)56(46-32-34-50-49-24-11-13-26-53(49)58-54(50)37-46)45-22-14-15-38(35-45)39-27-33-48-47-23-10-12-25-51(47)57(52(48)36-39)42-20-8-3-9-21-42/h1-37H. The Balaban J connectivity index is 1.05. The van der Waals surface area contributed by atoms with E-state index in [2.05, 4.69) is 227 Å². The van der Waals surface area contributed by atoms with Crippen LogP contribution in [0.1, 0.15) is 0 Å². The molecule has 0 aliphatic rings. The van der Waals surface area contributed by atoms with E-state index in [1.54, 1.807) is 0 Å². The highest BCUT2D eigenvalue weighted by Crippen LogP contribution is 2.42. The lowest BCUT2D eigenvalue weighted by atomic mass is 10.0. The second-order valence-corrected chi connectivity index (χ2v) is 14.6. The Morgan fingerprint density at radius 1 is 0.293 bits per heavy atom. The molecular weight excluding hydrogens is 707 g/mol. The van der Waals surface area contributed by atoms with Gasteiger partial charge < -0.3 is 18.8 Å². The molecular formula is C54H37N3O. The summed E-state index contributed by atoms with van der Waals surface area (Å²) in [7, 11) is 0. The van der Waals surface area contributed by atoms with Crippen molar-refractivity contribution in [1.82, 2.24) is 4.57 Å². The molecule has 0 N–H and O–H groups in total. The quantitative estimate of drug-likeness (QED) is 0.155. The van der Waals surface area contributed by atoms with Crippen molar-refractivity contribution in [2.24, 2.45) is 0 Å². The molecule has 0 amide bonds. The molecule has 4 nitrogen and oxygen atoms in total. The first-order valence-corrected chi connectivity index (χ1v) is 19.7. The van der Waals surface area contributed by atoms with Crippen LogP contribution in [0.4, 0.5) is 34.1 Å². The van der Waals surface area contributed by atoms with E-state index in [0.717, 1.165) is 72.9 Å². The summed E-state index contributed by atoms with van der Waals surface area (Å²) in [5.41, 5.74) is 13.9. The van der Waals surface area contributed by atoms with E-state index < -0.39 is 0 Å². The number of para-hydroxylation sites is 5. The van der Waals surface area contributed by atoms with E-state index in [1.807, 2.05) is 12.1 Å². The molecule has 9 aromatic carbocycles. The summed E-state index contributed by atoms with van der Waals surface area (Å²) in [5.74, 6) is 0. The number of benzene rings is 9. The highest BCUT2D eigenvalue weighted by Gasteiger charge is 2.19. The Bertz CT molecular complexity index is 3180. The Hall–Kier alpha value is -7.82. The number of hydrogen-bond acceptors (Lipinski definition) is 3. The SMILES string of the molecule is c1ccc(N(c2ccccc2)c2ccc(N(c3cccc(-c4ccc5c6ccccc6n(-c6ccccc6)c5c4)c3)c3ccc4c(c3)oc3ccccc34)cc2)cc1. The van der Waals surface area contributed by atoms with Crippen LogP contribution < -0.4 is 9.80 Å². The fraction of sp³-hybridized carbons (Fsp3) is 0. The van der Waals surface area contributed by atoms with Crippen LogP contribution in [0.5, 0.6) is 0 Å². The summed E-state index contributed by atoms with van der Waals surface area (Å²) in [6.07, 6.45) is 0. The number of aromatic nitrogens is 1. The van der Waals surface area contributed by atoms with E-state index in [9.17, 15) is 0 Å². The van der Waals surface area contributed by atoms with Crippen LogP contribution >= 0.6 is 0 Å². The summed E-state index contributed by atoms with van der Waals surface area (Å²) in [6, 6.07) is 79.8. The third-order valence-corrected chi connectivity index (χ3v) is 11.1. The van der Waals surface area contributed by atoms with Crippen LogP contribution in [-0.2, 0) is 0 Å². The van der Waals surface area contributed by atoms with E-state index in [4.69, 9.17) is 4.42 Å². The average molecular weight is 744 g/mol. The van der Waals surface area contributed by atoms with E-state index >= 15 is 0 Å². The summed E-state index contributed by atoms with van der Waals surface area (Å²) in [5, 5.41) is 4.70. The minimum atomic E-state index is 0.856. The van der Waals surface area contributed by atoms with Crippen molar-refractivity contribution >= 4 is 77.9 Å². The number of furan rings is 1. The van der Waals surface area contributed by atoms with Gasteiger partial charge in [-0.1, -0.05) is 115 Å². The number of fused-ring (bicyclic) bond motifs is 6. The summed E-state index contributed by atoms with van der Waals surface area (Å²) < 4.78 is 8.81. The van der Waals surface area contributed by atoms with Crippen molar-refractivity contribution in [2.45, 2.75) is 0 Å². The topological polar surface area (TPSA) is 24.6 Å². The Morgan fingerprint density at radius 2 is 0.776 bits per heavy atom. The lowest BCUT2D eigenvalue weighted by molar-refractivity contribution is 0.669. The van der Waals surface area contributed by atoms with Crippen LogP contribution in [0.15, 0.2) is 229 Å². The van der Waals surface area contributed by atoms with Crippen LogP contribution in [0.2, 0.25) is 0 Å². The molecule has 11 aromatic rings. The van der Waals surface area contributed by atoms with Gasteiger partial charge in [-0.25, -0.2) is 0 Å². The lowest BCUT2D eigenvalue weighted by Gasteiger charge is -2.28. The summed E-state index contributed by atoms with van der Waals surface area (Å²) in [6.45, 7) is 0. The van der Waals surface area contributed by atoms with Crippen LogP contribution in [-0.4, -0.2) is 4.57 Å². The van der Waals surface area contributed by atoms with Gasteiger partial charge >= 0.3 is 0 Å². The van der Waals surface area contributed by atoms with Crippen molar-refractivity contribution in [2.75, 3.05) is 9.80 Å². The second kappa shape index (κ2) is 14.0. The maximum Gasteiger partial charge on any atom is 0.137 e. The fourth-order valence-electron chi connectivity index (χ4n) is 8.48. The Kier molecular flexibility index (Phi) is 8.11. The van der Waals surface area contributed by atoms with E-state index in [-0.39, 0.29) is 0 Å². The molecule has 11 rings (SSSR count). The van der Waals surface area contributed by atoms with Gasteiger partial charge in [0.2, 0.25) is 0 Å². The van der Waals surface area contributed by atoms with Crippen LogP contribution in [0.25, 0.3) is 60.6 Å². The molecule has 0 spiro atoms. The Labute approximate surface area is 336 Å². The lowest BCUT2D eigenvalue weighted by Crippen LogP contribution is -2.12. The zero-order chi connectivity index (χ0) is 38.4. The highest BCUT2D eigenvalue weighted by molar-refractivity contribution is 6.10. The molecule has 0 unspecified atom stereocenters. The molecule has 0 radical (unpaired) electrons. The van der Waals surface area contributed by atoms with Crippen molar-refractivity contribution in [3.8, 4) is 16.8 Å². The third kappa shape index (κ3) is 5.78. The van der Waals surface area contributed by atoms with Gasteiger partial charge in [0.25, 0.3) is 0 Å². The molecule has 0 fully saturated rings. The molecule has 4 heteroatoms. The average Bonchev–Trinajstić information content (AvgIpc) is 3.83. The number of rotatable bonds is 8. The smallest absolute Gasteiger partial charge is 0.137 e. The molecule has 2 aromatic heterocycles. The minimum Gasteiger partial charge on any atom is -0.456 e. The van der Waals surface area contributed by atoms with Crippen LogP contribution in [0, 0.1) is 0 Å². The van der Waals surface area contributed by atoms with Crippen molar-refractivity contribution < 1.29 is 4.42 Å². The maximum absolute atomic E-state index is 6.43. The zero-order valence-corrected chi connectivity index (χ0v) is 31.6. The van der Waals surface area contributed by atoms with Gasteiger partial charge in [-0.05, 0) is 114 Å². The molecule has 0 atom stereocenters. The van der Waals surface area contributed by atoms with Crippen molar-refractivity contribution in [3.63, 3.8) is 0 Å². The Morgan fingerprint density at radius 3 is 1.50 bits per heavy atom. The third-order valence-electron chi connectivity index (χ3n) is 11.1. The monoisotopic (exact) mass is 743 g/mol. The second-order valence-electron chi connectivity index (χ2n) is 14.6. The number of anilines is 6. The highest BCUT2D eigenvalue weighted by atomic mass is 16.3. The fourth-order valence-corrected chi connectivity index (χ4v) is 8.48. The van der Waals surface area contributed by atoms with Crippen LogP contribution in [0.3, 0.4) is 0 Å². The number of nitrogens with zero attached hydrogens (tertiary/aromatic N) is 3. The first kappa shape index (κ1) is 33.5. The normalized spacial score (nSPS) is 11.4. The zero-order valence-electron chi connectivity index (χ0n) is 31.6. The van der Waals surface area contributed by atoms with Crippen molar-refractivity contribution in [3.05, 3.63) is 224 Å². The minimum absolute atomic E-state index is 0.856. The molecule has 0 bridgehead atoms. The van der Waals surface area contributed by atoms with Gasteiger partial charge in [0, 0.05) is 67.4 Å².